The van der Waals surface area contributed by atoms with Crippen molar-refractivity contribution in [1.29, 1.82) is 0 Å². The van der Waals surface area contributed by atoms with E-state index in [4.69, 9.17) is 0 Å². The van der Waals surface area contributed by atoms with Crippen molar-refractivity contribution >= 4 is 29.0 Å². The third-order valence-corrected chi connectivity index (χ3v) is 7.57. The molecule has 3 unspecified atom stereocenters. The Kier molecular flexibility index (Phi) is 6.35. The minimum Gasteiger partial charge on any atom is -0.352 e. The zero-order valence-corrected chi connectivity index (χ0v) is 18.4. The number of thiophene rings is 1. The lowest BCUT2D eigenvalue weighted by Crippen LogP contribution is -2.44. The van der Waals surface area contributed by atoms with Crippen LogP contribution in [-0.2, 0) is 4.79 Å². The Balaban J connectivity index is 1.50. The molecule has 4 rings (SSSR count). The Morgan fingerprint density at radius 2 is 2.00 bits per heavy atom. The lowest BCUT2D eigenvalue weighted by atomic mass is 9.78. The van der Waals surface area contributed by atoms with E-state index in [0.717, 1.165) is 28.0 Å². The van der Waals surface area contributed by atoms with Crippen LogP contribution in [-0.4, -0.2) is 32.5 Å². The van der Waals surface area contributed by atoms with E-state index in [1.807, 2.05) is 52.4 Å². The second-order valence-electron chi connectivity index (χ2n) is 7.68. The number of hydrogen-bond acceptors (Lipinski definition) is 5. The number of nitrogens with zero attached hydrogens (tertiary/aromatic N) is 3. The Morgan fingerprint density at radius 1 is 1.17 bits per heavy atom. The second kappa shape index (κ2) is 9.13. The van der Waals surface area contributed by atoms with Gasteiger partial charge in [-0.05, 0) is 41.8 Å². The molecule has 3 aromatic rings. The molecule has 1 aliphatic rings. The van der Waals surface area contributed by atoms with Gasteiger partial charge in [0.2, 0.25) is 5.91 Å². The lowest BCUT2D eigenvalue weighted by Gasteiger charge is -2.34. The quantitative estimate of drug-likeness (QED) is 0.562. The van der Waals surface area contributed by atoms with E-state index in [1.54, 1.807) is 11.3 Å². The van der Waals surface area contributed by atoms with Crippen LogP contribution in [0.2, 0.25) is 0 Å². The maximum atomic E-state index is 12.6. The summed E-state index contributed by atoms with van der Waals surface area (Å²) in [6.07, 6.45) is 3.52. The molecule has 1 aromatic carbocycles. The molecule has 5 nitrogen and oxygen atoms in total. The number of nitrogens with one attached hydrogen (secondary N) is 1. The third-order valence-electron chi connectivity index (χ3n) is 5.77. The monoisotopic (exact) mass is 426 g/mol. The Bertz CT molecular complexity index is 939. The van der Waals surface area contributed by atoms with Gasteiger partial charge >= 0.3 is 0 Å². The van der Waals surface area contributed by atoms with Gasteiger partial charge in [0, 0.05) is 11.7 Å². The van der Waals surface area contributed by atoms with Crippen molar-refractivity contribution in [3.05, 3.63) is 47.8 Å². The molecule has 0 bridgehead atoms. The van der Waals surface area contributed by atoms with Gasteiger partial charge in [0.1, 0.15) is 0 Å². The van der Waals surface area contributed by atoms with Crippen LogP contribution < -0.4 is 5.32 Å². The van der Waals surface area contributed by atoms with Gasteiger partial charge in [-0.3, -0.25) is 9.36 Å². The molecule has 1 saturated carbocycles. The zero-order valence-electron chi connectivity index (χ0n) is 16.7. The molecule has 0 radical (unpaired) electrons. The molecule has 0 saturated heterocycles. The summed E-state index contributed by atoms with van der Waals surface area (Å²) in [6, 6.07) is 14.4. The molecule has 7 heteroatoms. The molecule has 3 atom stereocenters. The normalized spacial score (nSPS) is 21.8. The molecule has 1 amide bonds. The van der Waals surface area contributed by atoms with Gasteiger partial charge in [-0.15, -0.1) is 21.5 Å². The van der Waals surface area contributed by atoms with Crippen LogP contribution in [0.15, 0.2) is 53.0 Å². The Labute approximate surface area is 179 Å². The van der Waals surface area contributed by atoms with Crippen LogP contribution in [0.1, 0.15) is 33.1 Å². The number of benzene rings is 1. The number of thioether (sulfide) groups is 1. The van der Waals surface area contributed by atoms with Gasteiger partial charge in [0.05, 0.1) is 10.6 Å². The molecule has 2 aromatic heterocycles. The van der Waals surface area contributed by atoms with Crippen LogP contribution in [0.5, 0.6) is 0 Å². The minimum atomic E-state index is 0.0706. The highest BCUT2D eigenvalue weighted by molar-refractivity contribution is 7.99. The fourth-order valence-corrected chi connectivity index (χ4v) is 5.36. The summed E-state index contributed by atoms with van der Waals surface area (Å²) < 4.78 is 2.04. The molecule has 0 aliphatic heterocycles. The van der Waals surface area contributed by atoms with Crippen molar-refractivity contribution in [2.75, 3.05) is 5.75 Å². The van der Waals surface area contributed by atoms with E-state index in [-0.39, 0.29) is 11.9 Å². The van der Waals surface area contributed by atoms with Crippen molar-refractivity contribution in [1.82, 2.24) is 20.1 Å². The third kappa shape index (κ3) is 4.56. The largest absolute Gasteiger partial charge is 0.352 e. The van der Waals surface area contributed by atoms with Crippen molar-refractivity contribution in [3.8, 4) is 16.4 Å². The predicted octanol–water partition coefficient (Wildman–Crippen LogP) is 5.03. The number of para-hydroxylation sites is 1. The predicted molar refractivity (Wildman–Crippen MR) is 120 cm³/mol. The van der Waals surface area contributed by atoms with E-state index in [9.17, 15) is 4.79 Å². The molecule has 152 valence electrons. The van der Waals surface area contributed by atoms with Crippen LogP contribution in [0.4, 0.5) is 0 Å². The summed E-state index contributed by atoms with van der Waals surface area (Å²) in [6.45, 7) is 4.54. The molecule has 2 heterocycles. The number of aromatic nitrogens is 3. The van der Waals surface area contributed by atoms with Crippen LogP contribution in [0.25, 0.3) is 16.4 Å². The minimum absolute atomic E-state index is 0.0706. The van der Waals surface area contributed by atoms with Gasteiger partial charge in [0.15, 0.2) is 11.0 Å². The summed E-state index contributed by atoms with van der Waals surface area (Å²) in [5.41, 5.74) is 0.999. The molecule has 0 spiro atoms. The van der Waals surface area contributed by atoms with Crippen LogP contribution in [0, 0.1) is 11.8 Å². The van der Waals surface area contributed by atoms with E-state index in [0.29, 0.717) is 17.6 Å². The van der Waals surface area contributed by atoms with Gasteiger partial charge in [-0.2, -0.15) is 0 Å². The van der Waals surface area contributed by atoms with Crippen molar-refractivity contribution in [2.24, 2.45) is 11.8 Å². The number of carbonyl (C=O) groups excluding carboxylic acids is 1. The van der Waals surface area contributed by atoms with E-state index >= 15 is 0 Å². The first-order valence-corrected chi connectivity index (χ1v) is 12.0. The van der Waals surface area contributed by atoms with Crippen molar-refractivity contribution in [2.45, 2.75) is 44.3 Å². The van der Waals surface area contributed by atoms with Gasteiger partial charge in [-0.1, -0.05) is 62.7 Å². The maximum absolute atomic E-state index is 12.6. The standard InChI is InChI=1S/C22H26N4OS2/c1-15-8-6-11-18(16(15)2)23-20(27)14-29-22-25-24-21(19-12-7-13-28-19)26(22)17-9-4-3-5-10-17/h3-5,7,9-10,12-13,15-16,18H,6,8,11,14H2,1-2H3,(H,23,27). The van der Waals surface area contributed by atoms with Gasteiger partial charge < -0.3 is 5.32 Å². The molecule has 1 aliphatic carbocycles. The molecular weight excluding hydrogens is 400 g/mol. The fraction of sp³-hybridized carbons (Fsp3) is 0.409. The smallest absolute Gasteiger partial charge is 0.230 e. The van der Waals surface area contributed by atoms with Crippen LogP contribution in [0.3, 0.4) is 0 Å². The fourth-order valence-electron chi connectivity index (χ4n) is 3.90. The molecule has 29 heavy (non-hydrogen) atoms. The molecule has 1 N–H and O–H groups in total. The van der Waals surface area contributed by atoms with Crippen LogP contribution >= 0.6 is 23.1 Å². The summed E-state index contributed by atoms with van der Waals surface area (Å²) in [4.78, 5) is 13.7. The Hall–Kier alpha value is -2.12. The SMILES string of the molecule is CC1CCCC(NC(=O)CSc2nnc(-c3cccs3)n2-c2ccccc2)C1C. The number of amides is 1. The Morgan fingerprint density at radius 3 is 2.76 bits per heavy atom. The summed E-state index contributed by atoms with van der Waals surface area (Å²) in [7, 11) is 0. The number of carbonyl (C=O) groups is 1. The second-order valence-corrected chi connectivity index (χ2v) is 9.57. The highest BCUT2D eigenvalue weighted by Gasteiger charge is 2.28. The molecular formula is C22H26N4OS2. The van der Waals surface area contributed by atoms with E-state index < -0.39 is 0 Å². The number of rotatable bonds is 6. The average molecular weight is 427 g/mol. The summed E-state index contributed by atoms with van der Waals surface area (Å²) in [5, 5.41) is 14.8. The van der Waals surface area contributed by atoms with Crippen molar-refractivity contribution in [3.63, 3.8) is 0 Å². The lowest BCUT2D eigenvalue weighted by molar-refractivity contribution is -0.120. The number of hydrogen-bond donors (Lipinski definition) is 1. The highest BCUT2D eigenvalue weighted by Crippen LogP contribution is 2.31. The first-order valence-electron chi connectivity index (χ1n) is 10.1. The topological polar surface area (TPSA) is 59.8 Å². The van der Waals surface area contributed by atoms with E-state index in [2.05, 4.69) is 29.4 Å². The maximum Gasteiger partial charge on any atom is 0.230 e. The van der Waals surface area contributed by atoms with E-state index in [1.165, 1.54) is 24.6 Å². The van der Waals surface area contributed by atoms with Crippen molar-refractivity contribution < 1.29 is 4.79 Å². The summed E-state index contributed by atoms with van der Waals surface area (Å²) in [5.74, 6) is 2.41. The highest BCUT2D eigenvalue weighted by atomic mass is 32.2. The van der Waals surface area contributed by atoms with Gasteiger partial charge in [-0.25, -0.2) is 0 Å². The van der Waals surface area contributed by atoms with Gasteiger partial charge in [0.25, 0.3) is 0 Å². The summed E-state index contributed by atoms with van der Waals surface area (Å²) >= 11 is 3.08. The first-order chi connectivity index (χ1) is 14.1. The first kappa shape index (κ1) is 20.2. The average Bonchev–Trinajstić information content (AvgIpc) is 3.40. The zero-order chi connectivity index (χ0) is 20.2. The molecule has 1 fully saturated rings.